The number of nitrogens with one attached hydrogen (secondary N) is 1. The maximum Gasteiger partial charge on any atom is 0.262 e. The second kappa shape index (κ2) is 9.75. The van der Waals surface area contributed by atoms with Crippen LogP contribution in [0.15, 0.2) is 78.9 Å². The molecular weight excluding hydrogens is 388 g/mol. The van der Waals surface area contributed by atoms with E-state index in [1.54, 1.807) is 60.5 Å². The molecule has 6 heteroatoms. The van der Waals surface area contributed by atoms with Crippen molar-refractivity contribution in [2.45, 2.75) is 6.54 Å². The third-order valence-corrected chi connectivity index (χ3v) is 4.48. The summed E-state index contributed by atoms with van der Waals surface area (Å²) in [5.74, 6) is 0.00536. The fourth-order valence-corrected chi connectivity index (χ4v) is 2.91. The molecule has 148 valence electrons. The highest BCUT2D eigenvalue weighted by atomic mass is 35.5. The molecule has 3 aromatic carbocycles. The summed E-state index contributed by atoms with van der Waals surface area (Å²) in [5, 5.41) is 3.35. The molecule has 3 rings (SSSR count). The Morgan fingerprint density at radius 1 is 0.931 bits per heavy atom. The lowest BCUT2D eigenvalue weighted by Crippen LogP contribution is -2.28. The van der Waals surface area contributed by atoms with Crippen LogP contribution in [0.5, 0.6) is 5.75 Å². The minimum Gasteiger partial charge on any atom is -0.484 e. The van der Waals surface area contributed by atoms with Crippen LogP contribution in [-0.2, 0) is 11.3 Å². The monoisotopic (exact) mass is 408 g/mol. The Labute approximate surface area is 174 Å². The maximum absolute atomic E-state index is 12.9. The van der Waals surface area contributed by atoms with Crippen LogP contribution < -0.4 is 10.1 Å². The van der Waals surface area contributed by atoms with E-state index in [1.165, 1.54) is 0 Å². The van der Waals surface area contributed by atoms with E-state index in [1.807, 2.05) is 30.3 Å². The Bertz CT molecular complexity index is 975. The highest BCUT2D eigenvalue weighted by Crippen LogP contribution is 2.19. The van der Waals surface area contributed by atoms with Gasteiger partial charge in [-0.05, 0) is 42.0 Å². The summed E-state index contributed by atoms with van der Waals surface area (Å²) in [5.41, 5.74) is 1.90. The van der Waals surface area contributed by atoms with E-state index in [4.69, 9.17) is 16.3 Å². The van der Waals surface area contributed by atoms with Gasteiger partial charge in [-0.3, -0.25) is 9.59 Å². The van der Waals surface area contributed by atoms with Crippen molar-refractivity contribution in [2.24, 2.45) is 0 Å². The first-order valence-electron chi connectivity index (χ1n) is 9.09. The molecule has 0 aromatic heterocycles. The molecule has 0 aliphatic carbocycles. The summed E-state index contributed by atoms with van der Waals surface area (Å²) >= 11 is 5.83. The molecule has 5 nitrogen and oxygen atoms in total. The van der Waals surface area contributed by atoms with Crippen LogP contribution in [-0.4, -0.2) is 30.4 Å². The highest BCUT2D eigenvalue weighted by molar-refractivity contribution is 6.30. The Morgan fingerprint density at radius 2 is 1.59 bits per heavy atom. The smallest absolute Gasteiger partial charge is 0.262 e. The number of ether oxygens (including phenoxy) is 1. The summed E-state index contributed by atoms with van der Waals surface area (Å²) in [6.07, 6.45) is 0. The molecule has 3 aromatic rings. The van der Waals surface area contributed by atoms with Crippen LogP contribution in [0.2, 0.25) is 5.02 Å². The van der Waals surface area contributed by atoms with E-state index in [2.05, 4.69) is 5.32 Å². The highest BCUT2D eigenvalue weighted by Gasteiger charge is 2.17. The average molecular weight is 409 g/mol. The van der Waals surface area contributed by atoms with Gasteiger partial charge >= 0.3 is 0 Å². The number of halogens is 1. The number of rotatable bonds is 7. The lowest BCUT2D eigenvalue weighted by Gasteiger charge is -2.19. The van der Waals surface area contributed by atoms with Gasteiger partial charge < -0.3 is 15.0 Å². The fourth-order valence-electron chi connectivity index (χ4n) is 2.78. The second-order valence-electron chi connectivity index (χ2n) is 6.48. The van der Waals surface area contributed by atoms with Gasteiger partial charge in [0.1, 0.15) is 5.75 Å². The first kappa shape index (κ1) is 20.4. The molecular formula is C23H21ClN2O3. The molecule has 0 saturated heterocycles. The summed E-state index contributed by atoms with van der Waals surface area (Å²) in [7, 11) is 1.73. The van der Waals surface area contributed by atoms with E-state index < -0.39 is 0 Å². The standard InChI is InChI=1S/C23H21ClN2O3/c1-26(15-17-7-3-2-4-8-17)23(28)20-9-5-6-10-21(20)25-22(27)16-29-19-13-11-18(24)12-14-19/h2-14H,15-16H2,1H3,(H,25,27). The largest absolute Gasteiger partial charge is 0.484 e. The fraction of sp³-hybridized carbons (Fsp3) is 0.130. The number of carbonyl (C=O) groups is 2. The van der Waals surface area contributed by atoms with Crippen molar-refractivity contribution < 1.29 is 14.3 Å². The summed E-state index contributed by atoms with van der Waals surface area (Å²) < 4.78 is 5.46. The molecule has 0 bridgehead atoms. The zero-order valence-corrected chi connectivity index (χ0v) is 16.7. The van der Waals surface area contributed by atoms with Crippen LogP contribution in [0, 0.1) is 0 Å². The van der Waals surface area contributed by atoms with Gasteiger partial charge in [0.25, 0.3) is 11.8 Å². The number of carbonyl (C=O) groups excluding carboxylic acids is 2. The minimum atomic E-state index is -0.356. The summed E-state index contributed by atoms with van der Waals surface area (Å²) in [6, 6.07) is 23.4. The normalized spacial score (nSPS) is 10.3. The van der Waals surface area contributed by atoms with Crippen LogP contribution >= 0.6 is 11.6 Å². The Morgan fingerprint density at radius 3 is 2.31 bits per heavy atom. The lowest BCUT2D eigenvalue weighted by molar-refractivity contribution is -0.118. The topological polar surface area (TPSA) is 58.6 Å². The van der Waals surface area contributed by atoms with Gasteiger partial charge in [0, 0.05) is 18.6 Å². The predicted molar refractivity (Wildman–Crippen MR) is 114 cm³/mol. The Hall–Kier alpha value is -3.31. The van der Waals surface area contributed by atoms with Crippen molar-refractivity contribution in [1.29, 1.82) is 0 Å². The molecule has 29 heavy (non-hydrogen) atoms. The first-order chi connectivity index (χ1) is 14.0. The van der Waals surface area contributed by atoms with Crippen LogP contribution in [0.4, 0.5) is 5.69 Å². The zero-order chi connectivity index (χ0) is 20.6. The third-order valence-electron chi connectivity index (χ3n) is 4.22. The SMILES string of the molecule is CN(Cc1ccccc1)C(=O)c1ccccc1NC(=O)COc1ccc(Cl)cc1. The number of benzene rings is 3. The number of amides is 2. The first-order valence-corrected chi connectivity index (χ1v) is 9.47. The molecule has 0 radical (unpaired) electrons. The van der Waals surface area contributed by atoms with Crippen molar-refractivity contribution in [3.8, 4) is 5.75 Å². The number of nitrogens with zero attached hydrogens (tertiary/aromatic N) is 1. The minimum absolute atomic E-state index is 0.177. The van der Waals surface area contributed by atoms with Gasteiger partial charge in [0.15, 0.2) is 6.61 Å². The number of hydrogen-bond donors (Lipinski definition) is 1. The molecule has 0 aliphatic heterocycles. The van der Waals surface area contributed by atoms with Gasteiger partial charge in [-0.15, -0.1) is 0 Å². The number of anilines is 1. The molecule has 0 aliphatic rings. The van der Waals surface area contributed by atoms with Gasteiger partial charge in [0.05, 0.1) is 11.3 Å². The Kier molecular flexibility index (Phi) is 6.87. The van der Waals surface area contributed by atoms with Crippen LogP contribution in [0.1, 0.15) is 15.9 Å². The van der Waals surface area contributed by atoms with Gasteiger partial charge in [-0.1, -0.05) is 54.1 Å². The molecule has 2 amide bonds. The van der Waals surface area contributed by atoms with E-state index in [0.29, 0.717) is 28.6 Å². The molecule has 1 N–H and O–H groups in total. The number of hydrogen-bond acceptors (Lipinski definition) is 3. The van der Waals surface area contributed by atoms with E-state index in [9.17, 15) is 9.59 Å². The average Bonchev–Trinajstić information content (AvgIpc) is 2.74. The quantitative estimate of drug-likeness (QED) is 0.620. The molecule has 0 unspecified atom stereocenters. The van der Waals surface area contributed by atoms with Crippen molar-refractivity contribution in [3.05, 3.63) is 95.0 Å². The van der Waals surface area contributed by atoms with Gasteiger partial charge in [-0.25, -0.2) is 0 Å². The van der Waals surface area contributed by atoms with Gasteiger partial charge in [0.2, 0.25) is 0 Å². The van der Waals surface area contributed by atoms with E-state index >= 15 is 0 Å². The third kappa shape index (κ3) is 5.83. The summed E-state index contributed by atoms with van der Waals surface area (Å²) in [6.45, 7) is 0.297. The molecule has 0 spiro atoms. The van der Waals surface area contributed by atoms with E-state index in [-0.39, 0.29) is 18.4 Å². The summed E-state index contributed by atoms with van der Waals surface area (Å²) in [4.78, 5) is 26.8. The molecule has 0 atom stereocenters. The lowest BCUT2D eigenvalue weighted by atomic mass is 10.1. The number of para-hydroxylation sites is 1. The molecule has 0 fully saturated rings. The maximum atomic E-state index is 12.9. The zero-order valence-electron chi connectivity index (χ0n) is 16.0. The Balaban J connectivity index is 1.63. The van der Waals surface area contributed by atoms with Crippen LogP contribution in [0.25, 0.3) is 0 Å². The second-order valence-corrected chi connectivity index (χ2v) is 6.92. The van der Waals surface area contributed by atoms with Crippen LogP contribution in [0.3, 0.4) is 0 Å². The molecule has 0 saturated carbocycles. The van der Waals surface area contributed by atoms with Gasteiger partial charge in [-0.2, -0.15) is 0 Å². The predicted octanol–water partition coefficient (Wildman–Crippen LogP) is 4.63. The van der Waals surface area contributed by atoms with Crippen molar-refractivity contribution >= 4 is 29.1 Å². The van der Waals surface area contributed by atoms with E-state index in [0.717, 1.165) is 5.56 Å². The van der Waals surface area contributed by atoms with Crippen molar-refractivity contribution in [1.82, 2.24) is 4.90 Å². The van der Waals surface area contributed by atoms with Crippen molar-refractivity contribution in [3.63, 3.8) is 0 Å². The molecule has 0 heterocycles. The van der Waals surface area contributed by atoms with Crippen molar-refractivity contribution in [2.75, 3.05) is 19.0 Å².